The first-order valence-electron chi connectivity index (χ1n) is 7.89. The van der Waals surface area contributed by atoms with Crippen molar-refractivity contribution in [1.82, 2.24) is 24.5 Å². The Morgan fingerprint density at radius 3 is 2.84 bits per heavy atom. The highest BCUT2D eigenvalue weighted by atomic mass is 16.2. The van der Waals surface area contributed by atoms with Crippen LogP contribution in [0.2, 0.25) is 0 Å². The largest absolute Gasteiger partial charge is 0.309 e. The smallest absolute Gasteiger partial charge is 0.247 e. The molecule has 1 amide bonds. The van der Waals surface area contributed by atoms with Gasteiger partial charge in [-0.05, 0) is 25.1 Å². The minimum absolute atomic E-state index is 0.125. The predicted octanol–water partition coefficient (Wildman–Crippen LogP) is 2.56. The molecule has 4 aromatic rings. The van der Waals surface area contributed by atoms with Crippen LogP contribution in [-0.4, -0.2) is 30.5 Å². The van der Waals surface area contributed by atoms with Gasteiger partial charge in [0.05, 0.1) is 17.4 Å². The van der Waals surface area contributed by atoms with E-state index in [-0.39, 0.29) is 12.5 Å². The SMILES string of the molecule is Cc1cc(NC(=O)Cn2ncc3ccccc32)n(-c2ccccn2)n1. The van der Waals surface area contributed by atoms with Crippen molar-refractivity contribution >= 4 is 22.6 Å². The van der Waals surface area contributed by atoms with Gasteiger partial charge in [-0.1, -0.05) is 24.3 Å². The van der Waals surface area contributed by atoms with Crippen molar-refractivity contribution in [2.75, 3.05) is 5.32 Å². The number of aromatic nitrogens is 5. The van der Waals surface area contributed by atoms with E-state index in [2.05, 4.69) is 20.5 Å². The number of anilines is 1. The van der Waals surface area contributed by atoms with E-state index >= 15 is 0 Å². The molecule has 0 aliphatic carbocycles. The number of fused-ring (bicyclic) bond motifs is 1. The molecule has 0 bridgehead atoms. The van der Waals surface area contributed by atoms with Gasteiger partial charge in [-0.15, -0.1) is 0 Å². The summed E-state index contributed by atoms with van der Waals surface area (Å²) < 4.78 is 3.30. The van der Waals surface area contributed by atoms with Crippen LogP contribution >= 0.6 is 0 Å². The number of rotatable bonds is 4. The Kier molecular flexibility index (Phi) is 3.74. The Labute approximate surface area is 143 Å². The van der Waals surface area contributed by atoms with Gasteiger partial charge in [-0.25, -0.2) is 4.98 Å². The Hall–Kier alpha value is -3.48. The third kappa shape index (κ3) is 2.99. The lowest BCUT2D eigenvalue weighted by atomic mass is 10.2. The van der Waals surface area contributed by atoms with Crippen LogP contribution < -0.4 is 5.32 Å². The molecule has 0 saturated heterocycles. The molecule has 25 heavy (non-hydrogen) atoms. The molecule has 3 heterocycles. The van der Waals surface area contributed by atoms with Crippen molar-refractivity contribution in [3.63, 3.8) is 0 Å². The van der Waals surface area contributed by atoms with E-state index in [1.54, 1.807) is 21.8 Å². The van der Waals surface area contributed by atoms with Gasteiger partial charge in [0.1, 0.15) is 12.4 Å². The lowest BCUT2D eigenvalue weighted by Gasteiger charge is -2.08. The van der Waals surface area contributed by atoms with Gasteiger partial charge in [0.15, 0.2) is 5.82 Å². The van der Waals surface area contributed by atoms with Crippen molar-refractivity contribution in [2.45, 2.75) is 13.5 Å². The van der Waals surface area contributed by atoms with Gasteiger partial charge in [0.25, 0.3) is 0 Å². The lowest BCUT2D eigenvalue weighted by Crippen LogP contribution is -2.21. The number of hydrogen-bond acceptors (Lipinski definition) is 4. The summed E-state index contributed by atoms with van der Waals surface area (Å²) >= 11 is 0. The van der Waals surface area contributed by atoms with E-state index in [4.69, 9.17) is 0 Å². The zero-order valence-electron chi connectivity index (χ0n) is 13.6. The quantitative estimate of drug-likeness (QED) is 0.623. The van der Waals surface area contributed by atoms with Crippen LogP contribution in [-0.2, 0) is 11.3 Å². The number of aryl methyl sites for hydroxylation is 1. The first kappa shape index (κ1) is 15.1. The second-order valence-electron chi connectivity index (χ2n) is 5.68. The fourth-order valence-electron chi connectivity index (χ4n) is 2.71. The fraction of sp³-hybridized carbons (Fsp3) is 0.111. The van der Waals surface area contributed by atoms with Crippen molar-refractivity contribution in [1.29, 1.82) is 0 Å². The Bertz CT molecular complexity index is 1030. The molecule has 7 nitrogen and oxygen atoms in total. The molecule has 7 heteroatoms. The summed E-state index contributed by atoms with van der Waals surface area (Å²) in [5, 5.41) is 12.6. The summed E-state index contributed by atoms with van der Waals surface area (Å²) in [5.41, 5.74) is 1.72. The molecular formula is C18H16N6O. The summed E-state index contributed by atoms with van der Waals surface area (Å²) in [7, 11) is 0. The number of nitrogens with zero attached hydrogens (tertiary/aromatic N) is 5. The molecule has 124 valence electrons. The van der Waals surface area contributed by atoms with Gasteiger partial charge in [-0.3, -0.25) is 9.48 Å². The summed E-state index contributed by atoms with van der Waals surface area (Å²) in [5.74, 6) is 1.05. The van der Waals surface area contributed by atoms with Gasteiger partial charge >= 0.3 is 0 Å². The number of pyridine rings is 1. The van der Waals surface area contributed by atoms with Crippen LogP contribution in [0, 0.1) is 6.92 Å². The number of carbonyl (C=O) groups excluding carboxylic acids is 1. The lowest BCUT2D eigenvalue weighted by molar-refractivity contribution is -0.116. The molecule has 0 saturated carbocycles. The number of hydrogen-bond donors (Lipinski definition) is 1. The predicted molar refractivity (Wildman–Crippen MR) is 94.5 cm³/mol. The minimum atomic E-state index is -0.175. The second kappa shape index (κ2) is 6.20. The third-order valence-corrected chi connectivity index (χ3v) is 3.81. The van der Waals surface area contributed by atoms with Crippen molar-refractivity contribution in [3.05, 3.63) is 66.6 Å². The molecule has 0 aliphatic rings. The van der Waals surface area contributed by atoms with E-state index in [1.807, 2.05) is 55.5 Å². The minimum Gasteiger partial charge on any atom is -0.309 e. The number of nitrogens with one attached hydrogen (secondary N) is 1. The molecule has 3 aromatic heterocycles. The van der Waals surface area contributed by atoms with Crippen LogP contribution in [0.5, 0.6) is 0 Å². The Morgan fingerprint density at radius 2 is 2.00 bits per heavy atom. The molecule has 4 rings (SSSR count). The normalized spacial score (nSPS) is 10.9. The Morgan fingerprint density at radius 1 is 1.16 bits per heavy atom. The number of carbonyl (C=O) groups is 1. The second-order valence-corrected chi connectivity index (χ2v) is 5.68. The summed E-state index contributed by atoms with van der Waals surface area (Å²) in [6, 6.07) is 15.1. The summed E-state index contributed by atoms with van der Waals surface area (Å²) in [6.45, 7) is 2.00. The molecule has 0 aliphatic heterocycles. The van der Waals surface area contributed by atoms with E-state index < -0.39 is 0 Å². The summed E-state index contributed by atoms with van der Waals surface area (Å²) in [4.78, 5) is 16.8. The van der Waals surface area contributed by atoms with Crippen molar-refractivity contribution in [2.24, 2.45) is 0 Å². The average molecular weight is 332 g/mol. The highest BCUT2D eigenvalue weighted by Gasteiger charge is 2.13. The van der Waals surface area contributed by atoms with Crippen LogP contribution in [0.25, 0.3) is 16.7 Å². The molecule has 0 atom stereocenters. The van der Waals surface area contributed by atoms with E-state index in [9.17, 15) is 4.79 Å². The van der Waals surface area contributed by atoms with E-state index in [1.165, 1.54) is 0 Å². The van der Waals surface area contributed by atoms with Crippen LogP contribution in [0.4, 0.5) is 5.82 Å². The van der Waals surface area contributed by atoms with Crippen molar-refractivity contribution in [3.8, 4) is 5.82 Å². The van der Waals surface area contributed by atoms with E-state index in [0.717, 1.165) is 16.6 Å². The average Bonchev–Trinajstić information content (AvgIpc) is 3.19. The van der Waals surface area contributed by atoms with Crippen LogP contribution in [0.1, 0.15) is 5.69 Å². The first-order chi connectivity index (χ1) is 12.2. The highest BCUT2D eigenvalue weighted by molar-refractivity contribution is 5.91. The zero-order chi connectivity index (χ0) is 17.2. The van der Waals surface area contributed by atoms with Gasteiger partial charge in [0.2, 0.25) is 5.91 Å². The number of amides is 1. The molecule has 0 radical (unpaired) electrons. The van der Waals surface area contributed by atoms with Gasteiger partial charge < -0.3 is 5.32 Å². The molecular weight excluding hydrogens is 316 g/mol. The maximum atomic E-state index is 12.5. The van der Waals surface area contributed by atoms with E-state index in [0.29, 0.717) is 11.6 Å². The molecule has 0 unspecified atom stereocenters. The first-order valence-corrected chi connectivity index (χ1v) is 7.89. The molecule has 1 aromatic carbocycles. The number of benzene rings is 1. The Balaban J connectivity index is 1.57. The third-order valence-electron chi connectivity index (χ3n) is 3.81. The summed E-state index contributed by atoms with van der Waals surface area (Å²) in [6.07, 6.45) is 3.44. The van der Waals surface area contributed by atoms with Crippen LogP contribution in [0.3, 0.4) is 0 Å². The molecule has 1 N–H and O–H groups in total. The van der Waals surface area contributed by atoms with Gasteiger partial charge in [-0.2, -0.15) is 14.9 Å². The van der Waals surface area contributed by atoms with Crippen LogP contribution in [0.15, 0.2) is 60.9 Å². The maximum Gasteiger partial charge on any atom is 0.247 e. The highest BCUT2D eigenvalue weighted by Crippen LogP contribution is 2.16. The number of para-hydroxylation sites is 1. The monoisotopic (exact) mass is 332 g/mol. The molecule has 0 spiro atoms. The maximum absolute atomic E-state index is 12.5. The fourth-order valence-corrected chi connectivity index (χ4v) is 2.71. The van der Waals surface area contributed by atoms with Crippen molar-refractivity contribution < 1.29 is 4.79 Å². The van der Waals surface area contributed by atoms with Gasteiger partial charge in [0, 0.05) is 17.6 Å². The molecule has 0 fully saturated rings. The zero-order valence-corrected chi connectivity index (χ0v) is 13.6. The topological polar surface area (TPSA) is 77.6 Å². The standard InChI is InChI=1S/C18H16N6O/c1-13-10-17(24(22-13)16-8-4-5-9-19-16)21-18(25)12-23-15-7-3-2-6-14(15)11-20-23/h2-11H,12H2,1H3,(H,21,25).